The lowest BCUT2D eigenvalue weighted by Gasteiger charge is -2.30. The first kappa shape index (κ1) is 37.8. The van der Waals surface area contributed by atoms with Crippen molar-refractivity contribution in [2.75, 3.05) is 4.90 Å². The van der Waals surface area contributed by atoms with Gasteiger partial charge < -0.3 is 4.90 Å². The second kappa shape index (κ2) is 14.5. The average molecular weight is 796 g/mol. The van der Waals surface area contributed by atoms with Gasteiger partial charge >= 0.3 is 0 Å². The molecule has 11 rings (SSSR count). The van der Waals surface area contributed by atoms with Crippen LogP contribution in [0.3, 0.4) is 0 Å². The van der Waals surface area contributed by atoms with Crippen LogP contribution >= 0.6 is 0 Å². The largest absolute Gasteiger partial charge is 0.310 e. The number of anilines is 3. The van der Waals surface area contributed by atoms with Gasteiger partial charge in [-0.1, -0.05) is 191 Å². The number of nitrogens with zero attached hydrogens (tertiary/aromatic N) is 1. The normalized spacial score (nSPS) is 13.8. The Kier molecular flexibility index (Phi) is 8.81. The van der Waals surface area contributed by atoms with Gasteiger partial charge in [-0.25, -0.2) is 0 Å². The molecule has 0 saturated carbocycles. The van der Waals surface area contributed by atoms with E-state index in [1.54, 1.807) is 0 Å². The molecule has 0 fully saturated rings. The van der Waals surface area contributed by atoms with Crippen LogP contribution in [0.1, 0.15) is 55.5 Å². The van der Waals surface area contributed by atoms with Crippen LogP contribution in [0.5, 0.6) is 0 Å². The Morgan fingerprint density at radius 2 is 0.565 bits per heavy atom. The summed E-state index contributed by atoms with van der Waals surface area (Å²) in [6.07, 6.45) is 0. The third-order valence-electron chi connectivity index (χ3n) is 13.8. The lowest BCUT2D eigenvalue weighted by molar-refractivity contribution is 0.660. The van der Waals surface area contributed by atoms with Crippen molar-refractivity contribution in [3.05, 3.63) is 234 Å². The molecular weight excluding hydrogens is 747 g/mol. The highest BCUT2D eigenvalue weighted by Crippen LogP contribution is 2.54. The second-order valence-electron chi connectivity index (χ2n) is 18.3. The Morgan fingerprint density at radius 3 is 0.968 bits per heavy atom. The highest BCUT2D eigenvalue weighted by molar-refractivity contribution is 5.90. The van der Waals surface area contributed by atoms with E-state index in [9.17, 15) is 0 Å². The van der Waals surface area contributed by atoms with Crippen LogP contribution in [0, 0.1) is 6.92 Å². The zero-order valence-corrected chi connectivity index (χ0v) is 36.1. The summed E-state index contributed by atoms with van der Waals surface area (Å²) in [5.74, 6) is 0. The molecule has 0 amide bonds. The molecule has 0 N–H and O–H groups in total. The molecule has 0 heterocycles. The Labute approximate surface area is 366 Å². The molecule has 9 aromatic carbocycles. The summed E-state index contributed by atoms with van der Waals surface area (Å²) in [5, 5.41) is 0. The van der Waals surface area contributed by atoms with E-state index in [1.807, 2.05) is 0 Å². The van der Waals surface area contributed by atoms with Crippen LogP contribution in [-0.4, -0.2) is 0 Å². The maximum atomic E-state index is 2.45. The third-order valence-corrected chi connectivity index (χ3v) is 13.8. The van der Waals surface area contributed by atoms with Gasteiger partial charge in [-0.05, 0) is 144 Å². The highest BCUT2D eigenvalue weighted by Gasteiger charge is 2.38. The number of aryl methyl sites for hydroxylation is 1. The monoisotopic (exact) mass is 795 g/mol. The van der Waals surface area contributed by atoms with Gasteiger partial charge in [0, 0.05) is 27.9 Å². The predicted octanol–water partition coefficient (Wildman–Crippen LogP) is 16.7. The lowest BCUT2D eigenvalue weighted by atomic mass is 9.81. The van der Waals surface area contributed by atoms with E-state index in [2.05, 4.69) is 246 Å². The maximum Gasteiger partial charge on any atom is 0.0465 e. The summed E-state index contributed by atoms with van der Waals surface area (Å²) in [5.41, 5.74) is 25.1. The second-order valence-corrected chi connectivity index (χ2v) is 18.3. The van der Waals surface area contributed by atoms with Gasteiger partial charge in [0.05, 0.1) is 0 Å². The lowest BCUT2D eigenvalue weighted by Crippen LogP contribution is -2.18. The minimum atomic E-state index is -0.186. The van der Waals surface area contributed by atoms with Crippen LogP contribution in [0.15, 0.2) is 206 Å². The van der Waals surface area contributed by atoms with Gasteiger partial charge in [-0.2, -0.15) is 0 Å². The first-order valence-corrected chi connectivity index (χ1v) is 21.9. The molecule has 298 valence electrons. The van der Waals surface area contributed by atoms with Crippen molar-refractivity contribution < 1.29 is 0 Å². The fraction of sp³-hybridized carbons (Fsp3) is 0.115. The smallest absolute Gasteiger partial charge is 0.0465 e. The number of benzene rings is 9. The van der Waals surface area contributed by atoms with Gasteiger partial charge in [0.15, 0.2) is 0 Å². The van der Waals surface area contributed by atoms with Gasteiger partial charge in [0.1, 0.15) is 0 Å². The summed E-state index contributed by atoms with van der Waals surface area (Å²) in [4.78, 5) is 2.45. The first-order chi connectivity index (χ1) is 30.1. The molecule has 0 unspecified atom stereocenters. The SMILES string of the molecule is Cc1ccc(N(c2ccc3c(c2)C(C)(C)c2cc(-c4ccccc4)ccc2-3)c2ccc3c(c2)C(C)(C)c2cc(-c4ccc(-c5ccc(-c6ccccc6)cc5)cc4)ccc2-3)cc1. The molecule has 2 aliphatic carbocycles. The van der Waals surface area contributed by atoms with Crippen molar-refractivity contribution in [3.63, 3.8) is 0 Å². The first-order valence-electron chi connectivity index (χ1n) is 21.9. The Morgan fingerprint density at radius 1 is 0.274 bits per heavy atom. The van der Waals surface area contributed by atoms with Crippen molar-refractivity contribution in [1.29, 1.82) is 0 Å². The summed E-state index contributed by atoms with van der Waals surface area (Å²) < 4.78 is 0. The number of fused-ring (bicyclic) bond motifs is 6. The molecule has 62 heavy (non-hydrogen) atoms. The molecule has 1 heteroatoms. The molecule has 0 atom stereocenters. The maximum absolute atomic E-state index is 2.45. The molecule has 9 aromatic rings. The average Bonchev–Trinajstić information content (AvgIpc) is 3.68. The Hall–Kier alpha value is -7.22. The van der Waals surface area contributed by atoms with E-state index < -0.39 is 0 Å². The standard InChI is InChI=1S/C61H49N/c1-40-16-28-49(29-17-40)62(50-30-34-54-52-32-26-47(42-14-10-7-11-15-42)36-56(52)60(2,3)58(54)38-50)51-31-35-55-53-33-27-48(37-57(53)61(4,5)59(55)39-51)46-24-22-45(23-25-46)44-20-18-43(19-21-44)41-12-8-6-9-13-41/h6-39H,1-5H3. The van der Waals surface area contributed by atoms with Crippen molar-refractivity contribution in [2.24, 2.45) is 0 Å². The minimum Gasteiger partial charge on any atom is -0.310 e. The van der Waals surface area contributed by atoms with Gasteiger partial charge in [-0.15, -0.1) is 0 Å². The van der Waals surface area contributed by atoms with E-state index in [1.165, 1.54) is 106 Å². The fourth-order valence-corrected chi connectivity index (χ4v) is 10.2. The van der Waals surface area contributed by atoms with E-state index in [-0.39, 0.29) is 10.8 Å². The van der Waals surface area contributed by atoms with Crippen LogP contribution in [0.2, 0.25) is 0 Å². The Bertz CT molecular complexity index is 3130. The summed E-state index contributed by atoms with van der Waals surface area (Å²) in [6, 6.07) is 76.6. The Balaban J connectivity index is 0.921. The minimum absolute atomic E-state index is 0.155. The van der Waals surface area contributed by atoms with Crippen LogP contribution in [-0.2, 0) is 10.8 Å². The van der Waals surface area contributed by atoms with Crippen LogP contribution < -0.4 is 4.90 Å². The molecule has 2 aliphatic rings. The van der Waals surface area contributed by atoms with Crippen molar-refractivity contribution in [2.45, 2.75) is 45.4 Å². The molecule has 0 saturated heterocycles. The van der Waals surface area contributed by atoms with E-state index >= 15 is 0 Å². The molecule has 0 aromatic heterocycles. The number of rotatable bonds is 7. The molecule has 1 nitrogen and oxygen atoms in total. The number of hydrogen-bond acceptors (Lipinski definition) is 1. The van der Waals surface area contributed by atoms with E-state index in [0.717, 1.165) is 5.69 Å². The topological polar surface area (TPSA) is 3.24 Å². The van der Waals surface area contributed by atoms with E-state index in [0.29, 0.717) is 0 Å². The molecular formula is C61H49N. The zero-order chi connectivity index (χ0) is 42.2. The van der Waals surface area contributed by atoms with Gasteiger partial charge in [0.2, 0.25) is 0 Å². The predicted molar refractivity (Wildman–Crippen MR) is 263 cm³/mol. The van der Waals surface area contributed by atoms with Crippen LogP contribution in [0.4, 0.5) is 17.1 Å². The van der Waals surface area contributed by atoms with Crippen LogP contribution in [0.25, 0.3) is 66.8 Å². The zero-order valence-electron chi connectivity index (χ0n) is 36.1. The van der Waals surface area contributed by atoms with Gasteiger partial charge in [0.25, 0.3) is 0 Å². The molecule has 0 spiro atoms. The summed E-state index contributed by atoms with van der Waals surface area (Å²) >= 11 is 0. The van der Waals surface area contributed by atoms with Gasteiger partial charge in [-0.3, -0.25) is 0 Å². The summed E-state index contributed by atoms with van der Waals surface area (Å²) in [6.45, 7) is 11.7. The van der Waals surface area contributed by atoms with E-state index in [4.69, 9.17) is 0 Å². The third kappa shape index (κ3) is 6.22. The molecule has 0 radical (unpaired) electrons. The number of hydrogen-bond donors (Lipinski definition) is 0. The quantitative estimate of drug-likeness (QED) is 0.155. The molecule has 0 aliphatic heterocycles. The van der Waals surface area contributed by atoms with Crippen molar-refractivity contribution in [1.82, 2.24) is 0 Å². The van der Waals surface area contributed by atoms with Crippen molar-refractivity contribution in [3.8, 4) is 66.8 Å². The highest BCUT2D eigenvalue weighted by atomic mass is 15.1. The fourth-order valence-electron chi connectivity index (χ4n) is 10.2. The summed E-state index contributed by atoms with van der Waals surface area (Å²) in [7, 11) is 0. The molecule has 0 bridgehead atoms. The van der Waals surface area contributed by atoms with Crippen molar-refractivity contribution >= 4 is 17.1 Å².